The highest BCUT2D eigenvalue weighted by molar-refractivity contribution is 5.99. The van der Waals surface area contributed by atoms with E-state index in [0.29, 0.717) is 0 Å². The molecule has 0 aliphatic carbocycles. The van der Waals surface area contributed by atoms with Crippen LogP contribution in [0.2, 0.25) is 0 Å². The van der Waals surface area contributed by atoms with Crippen LogP contribution in [0.4, 0.5) is 0 Å². The van der Waals surface area contributed by atoms with Gasteiger partial charge in [-0.25, -0.2) is 4.99 Å². The van der Waals surface area contributed by atoms with E-state index in [4.69, 9.17) is 5.41 Å². The number of hydrogen-bond acceptors (Lipinski definition) is 1. The Bertz CT molecular complexity index is 465. The van der Waals surface area contributed by atoms with Crippen molar-refractivity contribution in [1.82, 2.24) is 0 Å². The van der Waals surface area contributed by atoms with Gasteiger partial charge in [0.15, 0.2) is 5.84 Å². The molecular formula is C17H22N2. The zero-order valence-electron chi connectivity index (χ0n) is 11.8. The van der Waals surface area contributed by atoms with Crippen LogP contribution >= 0.6 is 0 Å². The molecule has 0 saturated carbocycles. The summed E-state index contributed by atoms with van der Waals surface area (Å²) in [5, 5.41) is 7.50. The first-order valence-corrected chi connectivity index (χ1v) is 6.25. The van der Waals surface area contributed by atoms with Gasteiger partial charge in [0, 0.05) is 5.56 Å². The first kappa shape index (κ1) is 16.8. The van der Waals surface area contributed by atoms with Gasteiger partial charge in [-0.2, -0.15) is 0 Å². The highest BCUT2D eigenvalue weighted by Gasteiger charge is 2.00. The van der Waals surface area contributed by atoms with Crippen molar-refractivity contribution in [2.45, 2.75) is 20.3 Å². The van der Waals surface area contributed by atoms with Crippen LogP contribution in [0.5, 0.6) is 0 Å². The van der Waals surface area contributed by atoms with E-state index >= 15 is 0 Å². The maximum atomic E-state index is 7.50. The summed E-state index contributed by atoms with van der Waals surface area (Å²) in [7, 11) is 0. The second-order valence-corrected chi connectivity index (χ2v) is 3.85. The van der Waals surface area contributed by atoms with Gasteiger partial charge in [-0.15, -0.1) is 0 Å². The Kier molecular flexibility index (Phi) is 8.63. The summed E-state index contributed by atoms with van der Waals surface area (Å²) in [5.41, 5.74) is 2.79. The number of nitrogens with one attached hydrogen (secondary N) is 1. The van der Waals surface area contributed by atoms with Gasteiger partial charge in [0.25, 0.3) is 0 Å². The number of nitrogens with zero attached hydrogens (tertiary/aromatic N) is 1. The Morgan fingerprint density at radius 3 is 2.00 bits per heavy atom. The van der Waals surface area contributed by atoms with Crippen LogP contribution < -0.4 is 0 Å². The number of aliphatic imine (C=N–C) groups is 1. The Morgan fingerprint density at radius 1 is 1.16 bits per heavy atom. The molecule has 100 valence electrons. The number of amidine groups is 1. The third kappa shape index (κ3) is 5.77. The molecule has 1 aromatic carbocycles. The van der Waals surface area contributed by atoms with Gasteiger partial charge in [0.2, 0.25) is 0 Å². The van der Waals surface area contributed by atoms with E-state index in [-0.39, 0.29) is 5.84 Å². The Morgan fingerprint density at radius 2 is 1.63 bits per heavy atom. The van der Waals surface area contributed by atoms with Crippen molar-refractivity contribution in [1.29, 1.82) is 5.41 Å². The molecular weight excluding hydrogens is 232 g/mol. The predicted molar refractivity (Wildman–Crippen MR) is 87.2 cm³/mol. The van der Waals surface area contributed by atoms with E-state index in [0.717, 1.165) is 16.7 Å². The molecule has 2 nitrogen and oxygen atoms in total. The van der Waals surface area contributed by atoms with Gasteiger partial charge in [0.1, 0.15) is 0 Å². The molecule has 0 amide bonds. The fourth-order valence-electron chi connectivity index (χ4n) is 1.32. The Labute approximate surface area is 116 Å². The topological polar surface area (TPSA) is 36.2 Å². The molecule has 0 aliphatic heterocycles. The van der Waals surface area contributed by atoms with E-state index < -0.39 is 0 Å². The third-order valence-corrected chi connectivity index (χ3v) is 2.17. The second-order valence-electron chi connectivity index (χ2n) is 3.85. The molecule has 0 radical (unpaired) electrons. The molecule has 1 rings (SSSR count). The summed E-state index contributed by atoms with van der Waals surface area (Å²) in [6, 6.07) is 7.53. The van der Waals surface area contributed by atoms with Crippen LogP contribution in [0, 0.1) is 5.41 Å². The standard InChI is InChI=1S/C14H14N2.C3H8/c1-4-6-11(5-2)12-7-9-13(10-8-12)14(15)16-3;1-3-2/h4-10,15H,1-3H2;3H2,1-2H3/b11-6+,15-14?;. The second kappa shape index (κ2) is 9.77. The van der Waals surface area contributed by atoms with Crippen molar-refractivity contribution in [2.75, 3.05) is 0 Å². The summed E-state index contributed by atoms with van der Waals surface area (Å²) in [4.78, 5) is 3.57. The van der Waals surface area contributed by atoms with E-state index in [1.807, 2.05) is 30.3 Å². The van der Waals surface area contributed by atoms with Gasteiger partial charge >= 0.3 is 0 Å². The molecule has 0 bridgehead atoms. The first-order valence-electron chi connectivity index (χ1n) is 6.25. The molecule has 1 aromatic rings. The monoisotopic (exact) mass is 254 g/mol. The minimum Gasteiger partial charge on any atom is -0.282 e. The van der Waals surface area contributed by atoms with Crippen molar-refractivity contribution in [3.05, 3.63) is 66.8 Å². The number of hydrogen-bond donors (Lipinski definition) is 1. The van der Waals surface area contributed by atoms with E-state index in [1.54, 1.807) is 12.2 Å². The molecule has 0 saturated heterocycles. The maximum absolute atomic E-state index is 7.50. The zero-order valence-corrected chi connectivity index (χ0v) is 11.8. The minimum atomic E-state index is 0.180. The predicted octanol–water partition coefficient (Wildman–Crippen LogP) is 4.88. The van der Waals surface area contributed by atoms with Gasteiger partial charge in [-0.1, -0.05) is 75.9 Å². The normalized spacial score (nSPS) is 9.89. The van der Waals surface area contributed by atoms with Crippen molar-refractivity contribution in [3.63, 3.8) is 0 Å². The van der Waals surface area contributed by atoms with Crippen LogP contribution in [0.15, 0.2) is 60.6 Å². The lowest BCUT2D eigenvalue weighted by Gasteiger charge is -2.03. The fraction of sp³-hybridized carbons (Fsp3) is 0.176. The molecule has 0 spiro atoms. The molecule has 0 aliphatic rings. The van der Waals surface area contributed by atoms with Gasteiger partial charge in [0.05, 0.1) is 0 Å². The summed E-state index contributed by atoms with van der Waals surface area (Å²) in [6.07, 6.45) is 6.63. The molecule has 19 heavy (non-hydrogen) atoms. The van der Waals surface area contributed by atoms with Crippen molar-refractivity contribution >= 4 is 18.1 Å². The van der Waals surface area contributed by atoms with Crippen molar-refractivity contribution in [2.24, 2.45) is 4.99 Å². The van der Waals surface area contributed by atoms with Crippen LogP contribution in [0.25, 0.3) is 5.57 Å². The summed E-state index contributed by atoms with van der Waals surface area (Å²) < 4.78 is 0. The fourth-order valence-corrected chi connectivity index (χ4v) is 1.32. The van der Waals surface area contributed by atoms with Gasteiger partial charge in [-0.3, -0.25) is 5.41 Å². The molecule has 0 atom stereocenters. The van der Waals surface area contributed by atoms with Crippen LogP contribution in [0.1, 0.15) is 31.4 Å². The molecule has 0 unspecified atom stereocenters. The smallest absolute Gasteiger partial charge is 0.151 e. The molecule has 2 heteroatoms. The Balaban J connectivity index is 0.000000982. The lowest BCUT2D eigenvalue weighted by Crippen LogP contribution is -1.93. The highest BCUT2D eigenvalue weighted by Crippen LogP contribution is 2.16. The summed E-state index contributed by atoms with van der Waals surface area (Å²) in [5.74, 6) is 0.180. The van der Waals surface area contributed by atoms with Crippen molar-refractivity contribution < 1.29 is 0 Å². The van der Waals surface area contributed by atoms with E-state index in [9.17, 15) is 0 Å². The van der Waals surface area contributed by atoms with Crippen LogP contribution in [0.3, 0.4) is 0 Å². The summed E-state index contributed by atoms with van der Waals surface area (Å²) in [6.45, 7) is 15.0. The number of benzene rings is 1. The molecule has 0 fully saturated rings. The van der Waals surface area contributed by atoms with Crippen molar-refractivity contribution in [3.8, 4) is 0 Å². The molecule has 0 aromatic heterocycles. The van der Waals surface area contributed by atoms with Crippen LogP contribution in [-0.2, 0) is 0 Å². The van der Waals surface area contributed by atoms with Gasteiger partial charge in [-0.05, 0) is 17.9 Å². The lowest BCUT2D eigenvalue weighted by molar-refractivity contribution is 1.09. The van der Waals surface area contributed by atoms with Gasteiger partial charge < -0.3 is 0 Å². The lowest BCUT2D eigenvalue weighted by atomic mass is 10.0. The summed E-state index contributed by atoms with van der Waals surface area (Å²) >= 11 is 0. The SMILES string of the molecule is C=C/C=C(\C=C)c1ccc(C(=N)N=C)cc1.CCC. The molecule has 0 heterocycles. The van der Waals surface area contributed by atoms with E-state index in [1.165, 1.54) is 6.42 Å². The highest BCUT2D eigenvalue weighted by atomic mass is 14.8. The Hall–Kier alpha value is -2.22. The first-order chi connectivity index (χ1) is 9.14. The maximum Gasteiger partial charge on any atom is 0.151 e. The molecule has 1 N–H and O–H groups in total. The average molecular weight is 254 g/mol. The number of rotatable bonds is 4. The minimum absolute atomic E-state index is 0.180. The number of allylic oxidation sites excluding steroid dienone is 4. The van der Waals surface area contributed by atoms with E-state index in [2.05, 4.69) is 38.7 Å². The zero-order chi connectivity index (χ0) is 14.7. The largest absolute Gasteiger partial charge is 0.282 e. The third-order valence-electron chi connectivity index (χ3n) is 2.17. The quantitative estimate of drug-likeness (QED) is 0.451. The average Bonchev–Trinajstić information content (AvgIpc) is 2.45. The van der Waals surface area contributed by atoms with Crippen LogP contribution in [-0.4, -0.2) is 12.6 Å².